The van der Waals surface area contributed by atoms with E-state index in [1.165, 1.54) is 55.0 Å². The molecule has 2 aromatic carbocycles. The lowest BCUT2D eigenvalue weighted by atomic mass is 10.0. The molecular weight excluding hydrogens is 472 g/mol. The second-order valence-corrected chi connectivity index (χ2v) is 12.5. The summed E-state index contributed by atoms with van der Waals surface area (Å²) in [6.45, 7) is 7.26. The molecule has 2 aliphatic rings. The zero-order valence-electron chi connectivity index (χ0n) is 21.2. The highest BCUT2D eigenvalue weighted by Crippen LogP contribution is 2.42. The van der Waals surface area contributed by atoms with Crippen molar-refractivity contribution in [1.29, 1.82) is 0 Å². The molecule has 1 saturated carbocycles. The number of nitrogens with zero attached hydrogens (tertiary/aromatic N) is 1. The molecule has 0 aromatic heterocycles. The van der Waals surface area contributed by atoms with Crippen molar-refractivity contribution in [3.8, 4) is 0 Å². The summed E-state index contributed by atoms with van der Waals surface area (Å²) in [7, 11) is 0. The van der Waals surface area contributed by atoms with Crippen molar-refractivity contribution in [2.45, 2.75) is 81.2 Å². The van der Waals surface area contributed by atoms with Gasteiger partial charge in [0.1, 0.15) is 5.25 Å². The first-order chi connectivity index (χ1) is 16.9. The molecule has 188 valence electrons. The van der Waals surface area contributed by atoms with Crippen LogP contribution >= 0.6 is 23.5 Å². The number of fused-ring (bicyclic) bond motifs is 1. The predicted molar refractivity (Wildman–Crippen MR) is 149 cm³/mol. The van der Waals surface area contributed by atoms with Crippen LogP contribution in [-0.2, 0) is 16.1 Å². The number of benzene rings is 2. The van der Waals surface area contributed by atoms with E-state index < -0.39 is 11.2 Å². The van der Waals surface area contributed by atoms with Gasteiger partial charge >= 0.3 is 0 Å². The van der Waals surface area contributed by atoms with Crippen LogP contribution in [0.15, 0.2) is 47.4 Å². The number of para-hydroxylation sites is 1. The van der Waals surface area contributed by atoms with Crippen LogP contribution in [0.4, 0.5) is 5.69 Å². The fourth-order valence-corrected chi connectivity index (χ4v) is 7.52. The predicted octanol–water partition coefficient (Wildman–Crippen LogP) is 6.52. The second kappa shape index (κ2) is 12.4. The third kappa shape index (κ3) is 6.65. The van der Waals surface area contributed by atoms with Gasteiger partial charge in [0.15, 0.2) is 0 Å². The Morgan fingerprint density at radius 1 is 1.14 bits per heavy atom. The summed E-state index contributed by atoms with van der Waals surface area (Å²) in [6, 6.07) is 14.4. The average Bonchev–Trinajstić information content (AvgIpc) is 2.87. The van der Waals surface area contributed by atoms with Crippen LogP contribution < -0.4 is 10.2 Å². The molecule has 1 aliphatic heterocycles. The molecule has 2 amide bonds. The molecule has 2 atom stereocenters. The van der Waals surface area contributed by atoms with E-state index in [0.717, 1.165) is 33.6 Å². The largest absolute Gasteiger partial charge is 0.356 e. The topological polar surface area (TPSA) is 49.4 Å². The molecule has 6 heteroatoms. The summed E-state index contributed by atoms with van der Waals surface area (Å²) < 4.78 is 0. The van der Waals surface area contributed by atoms with Gasteiger partial charge in [-0.25, -0.2) is 0 Å². The van der Waals surface area contributed by atoms with Gasteiger partial charge < -0.3 is 10.2 Å². The second-order valence-electron chi connectivity index (χ2n) is 9.92. The number of hydrogen-bond donors (Lipinski definition) is 1. The number of aryl methyl sites for hydroxylation is 2. The van der Waals surface area contributed by atoms with Crippen LogP contribution in [-0.4, -0.2) is 34.6 Å². The van der Waals surface area contributed by atoms with E-state index in [0.29, 0.717) is 13.1 Å². The van der Waals surface area contributed by atoms with Crippen molar-refractivity contribution < 1.29 is 9.59 Å². The summed E-state index contributed by atoms with van der Waals surface area (Å²) in [5.41, 5.74) is 4.44. The smallest absolute Gasteiger partial charge is 0.241 e. The minimum atomic E-state index is -0.424. The zero-order valence-corrected chi connectivity index (χ0v) is 22.9. The van der Waals surface area contributed by atoms with Gasteiger partial charge in [-0.15, -0.1) is 11.8 Å². The summed E-state index contributed by atoms with van der Waals surface area (Å²) in [5, 5.41) is 3.49. The Bertz CT molecular complexity index is 1040. The van der Waals surface area contributed by atoms with Gasteiger partial charge in [0.05, 0.1) is 18.2 Å². The van der Waals surface area contributed by atoms with E-state index in [9.17, 15) is 9.59 Å². The molecule has 1 aliphatic carbocycles. The van der Waals surface area contributed by atoms with Crippen LogP contribution in [0.25, 0.3) is 0 Å². The van der Waals surface area contributed by atoms with E-state index >= 15 is 0 Å². The van der Waals surface area contributed by atoms with E-state index in [-0.39, 0.29) is 11.8 Å². The number of anilines is 1. The van der Waals surface area contributed by atoms with Gasteiger partial charge in [0.2, 0.25) is 11.8 Å². The number of amides is 2. The number of rotatable bonds is 9. The molecular formula is C29H38N2O2S2. The molecule has 0 bridgehead atoms. The number of thioether (sulfide) groups is 2. The third-order valence-corrected chi connectivity index (χ3v) is 10.1. The Kier molecular flexibility index (Phi) is 9.23. The summed E-state index contributed by atoms with van der Waals surface area (Å²) >= 11 is 3.59. The molecule has 0 radical (unpaired) electrons. The van der Waals surface area contributed by atoms with Crippen molar-refractivity contribution in [3.05, 3.63) is 59.2 Å². The van der Waals surface area contributed by atoms with E-state index in [1.54, 1.807) is 0 Å². The van der Waals surface area contributed by atoms with E-state index in [2.05, 4.69) is 55.2 Å². The van der Waals surface area contributed by atoms with Gasteiger partial charge in [0, 0.05) is 16.7 Å². The average molecular weight is 511 g/mol. The first-order valence-corrected chi connectivity index (χ1v) is 14.9. The highest BCUT2D eigenvalue weighted by molar-refractivity contribution is 8.01. The van der Waals surface area contributed by atoms with Gasteiger partial charge in [-0.1, -0.05) is 62.1 Å². The molecule has 1 fully saturated rings. The van der Waals surface area contributed by atoms with Crippen molar-refractivity contribution >= 4 is 41.0 Å². The lowest BCUT2D eigenvalue weighted by molar-refractivity contribution is -0.128. The SMILES string of the molecule is Cc1ccc(C)c(CN2C(=O)[C@@H]([C@H](C)C(=O)NCCCSC3CCCCC3)Sc3ccccc32)c1. The lowest BCUT2D eigenvalue weighted by Gasteiger charge is -2.36. The van der Waals surface area contributed by atoms with Crippen molar-refractivity contribution in [3.63, 3.8) is 0 Å². The van der Waals surface area contributed by atoms with Crippen LogP contribution in [0, 0.1) is 19.8 Å². The monoisotopic (exact) mass is 510 g/mol. The first-order valence-electron chi connectivity index (χ1n) is 13.0. The van der Waals surface area contributed by atoms with Crippen LogP contribution in [0.1, 0.15) is 62.1 Å². The fraction of sp³-hybridized carbons (Fsp3) is 0.517. The first kappa shape index (κ1) is 26.2. The Balaban J connectivity index is 1.38. The zero-order chi connectivity index (χ0) is 24.8. The molecule has 4 rings (SSSR count). The number of nitrogens with one attached hydrogen (secondary N) is 1. The Labute approximate surface area is 219 Å². The van der Waals surface area contributed by atoms with Crippen molar-refractivity contribution in [1.82, 2.24) is 5.32 Å². The number of carbonyl (C=O) groups is 2. The van der Waals surface area contributed by atoms with E-state index in [4.69, 9.17) is 0 Å². The molecule has 0 spiro atoms. The van der Waals surface area contributed by atoms with E-state index in [1.807, 2.05) is 30.0 Å². The molecule has 2 aromatic rings. The normalized spacial score (nSPS) is 19.3. The molecule has 1 N–H and O–H groups in total. The quantitative estimate of drug-likeness (QED) is 0.390. The van der Waals surface area contributed by atoms with Crippen LogP contribution in [0.3, 0.4) is 0 Å². The molecule has 35 heavy (non-hydrogen) atoms. The molecule has 1 heterocycles. The third-order valence-electron chi connectivity index (χ3n) is 7.15. The van der Waals surface area contributed by atoms with Crippen LogP contribution in [0.5, 0.6) is 0 Å². The maximum Gasteiger partial charge on any atom is 0.241 e. The summed E-state index contributed by atoms with van der Waals surface area (Å²) in [4.78, 5) is 29.7. The maximum atomic E-state index is 13.7. The highest BCUT2D eigenvalue weighted by atomic mass is 32.2. The molecule has 0 saturated heterocycles. The van der Waals surface area contributed by atoms with Crippen molar-refractivity contribution in [2.75, 3.05) is 17.2 Å². The maximum absolute atomic E-state index is 13.7. The van der Waals surface area contributed by atoms with Gasteiger partial charge in [0.25, 0.3) is 0 Å². The standard InChI is InChI=1S/C29H38N2O2S2/c1-20-14-15-21(2)23(18-20)19-31-25-12-7-8-13-26(25)35-27(29(31)33)22(3)28(32)30-16-9-17-34-24-10-5-4-6-11-24/h7-8,12-15,18,22,24,27H,4-6,9-11,16-17,19H2,1-3H3,(H,30,32)/t22-,27+/m0/s1. The Morgan fingerprint density at radius 2 is 1.91 bits per heavy atom. The summed E-state index contributed by atoms with van der Waals surface area (Å²) in [6.07, 6.45) is 7.78. The highest BCUT2D eigenvalue weighted by Gasteiger charge is 2.39. The lowest BCUT2D eigenvalue weighted by Crippen LogP contribution is -2.47. The minimum absolute atomic E-state index is 0.0186. The molecule has 4 nitrogen and oxygen atoms in total. The fourth-order valence-electron chi connectivity index (χ4n) is 4.92. The summed E-state index contributed by atoms with van der Waals surface area (Å²) in [5.74, 6) is 0.690. The molecule has 0 unspecified atom stereocenters. The van der Waals surface area contributed by atoms with Gasteiger partial charge in [-0.2, -0.15) is 11.8 Å². The van der Waals surface area contributed by atoms with Crippen LogP contribution in [0.2, 0.25) is 0 Å². The number of hydrogen-bond acceptors (Lipinski definition) is 4. The van der Waals surface area contributed by atoms with Gasteiger partial charge in [-0.3, -0.25) is 9.59 Å². The Hall–Kier alpha value is -1.92. The number of carbonyl (C=O) groups excluding carboxylic acids is 2. The van der Waals surface area contributed by atoms with Crippen molar-refractivity contribution in [2.24, 2.45) is 5.92 Å². The Morgan fingerprint density at radius 3 is 2.71 bits per heavy atom. The minimum Gasteiger partial charge on any atom is -0.356 e. The van der Waals surface area contributed by atoms with Gasteiger partial charge in [-0.05, 0) is 62.1 Å².